The third-order valence-corrected chi connectivity index (χ3v) is 3.29. The van der Waals surface area contributed by atoms with Crippen molar-refractivity contribution in [1.29, 1.82) is 5.26 Å². The maximum atomic E-state index is 8.60. The van der Waals surface area contributed by atoms with Crippen LogP contribution in [0.5, 0.6) is 0 Å². The molecule has 0 fully saturated rings. The molecule has 0 saturated heterocycles. The van der Waals surface area contributed by atoms with Crippen molar-refractivity contribution in [3.05, 3.63) is 40.4 Å². The number of hydrogen-bond acceptors (Lipinski definition) is 5. The third kappa shape index (κ3) is 3.77. The van der Waals surface area contributed by atoms with Gasteiger partial charge in [0.25, 0.3) is 0 Å². The number of nitriles is 1. The molecule has 0 atom stereocenters. The lowest BCUT2D eigenvalue weighted by atomic mass is 10.2. The normalized spacial score (nSPS) is 10.7. The topological polar surface area (TPSA) is 73.0 Å². The summed E-state index contributed by atoms with van der Waals surface area (Å²) in [5.41, 5.74) is 2.04. The first-order valence-corrected chi connectivity index (χ1v) is 6.89. The van der Waals surface area contributed by atoms with Gasteiger partial charge in [-0.1, -0.05) is 12.1 Å². The van der Waals surface area contributed by atoms with Crippen molar-refractivity contribution >= 4 is 24.1 Å². The molecule has 6 nitrogen and oxygen atoms in total. The Morgan fingerprint density at radius 2 is 2.19 bits per heavy atom. The Hall–Kier alpha value is -2.46. The van der Waals surface area contributed by atoms with Crippen molar-refractivity contribution < 1.29 is 0 Å². The van der Waals surface area contributed by atoms with Gasteiger partial charge in [0.15, 0.2) is 0 Å². The molecular weight excluding hydrogens is 284 g/mol. The summed E-state index contributed by atoms with van der Waals surface area (Å²) in [6, 6.07) is 10.1. The van der Waals surface area contributed by atoms with Crippen LogP contribution in [-0.4, -0.2) is 34.7 Å². The summed E-state index contributed by atoms with van der Waals surface area (Å²) in [6.45, 7) is 2.55. The Morgan fingerprint density at radius 1 is 1.48 bits per heavy atom. The Kier molecular flexibility index (Phi) is 4.85. The molecule has 21 heavy (non-hydrogen) atoms. The van der Waals surface area contributed by atoms with E-state index in [4.69, 9.17) is 17.5 Å². The van der Waals surface area contributed by atoms with Crippen LogP contribution in [0.3, 0.4) is 0 Å². The summed E-state index contributed by atoms with van der Waals surface area (Å²) < 4.78 is 2.04. The average Bonchev–Trinajstić information content (AvgIpc) is 2.82. The Balaban J connectivity index is 2.09. The number of H-pyrrole nitrogens is 1. The molecule has 0 bridgehead atoms. The quantitative estimate of drug-likeness (QED) is 0.680. The van der Waals surface area contributed by atoms with E-state index in [2.05, 4.69) is 21.4 Å². The van der Waals surface area contributed by atoms with Gasteiger partial charge in [-0.2, -0.15) is 20.1 Å². The van der Waals surface area contributed by atoms with E-state index >= 15 is 0 Å². The molecule has 0 radical (unpaired) electrons. The molecule has 0 amide bonds. The van der Waals surface area contributed by atoms with Crippen molar-refractivity contribution in [2.45, 2.75) is 13.3 Å². The van der Waals surface area contributed by atoms with Gasteiger partial charge in [-0.25, -0.2) is 0 Å². The Morgan fingerprint density at radius 3 is 2.76 bits per heavy atom. The number of aromatic amines is 1. The first-order chi connectivity index (χ1) is 10.1. The summed E-state index contributed by atoms with van der Waals surface area (Å²) in [5.74, 6) is 0.712. The van der Waals surface area contributed by atoms with E-state index in [9.17, 15) is 0 Å². The zero-order chi connectivity index (χ0) is 15.2. The number of nitrogens with one attached hydrogen (secondary N) is 1. The van der Waals surface area contributed by atoms with Gasteiger partial charge in [0, 0.05) is 19.3 Å². The lowest BCUT2D eigenvalue weighted by molar-refractivity contribution is 0.821. The summed E-state index contributed by atoms with van der Waals surface area (Å²) in [4.78, 5) is 2.04. The van der Waals surface area contributed by atoms with E-state index < -0.39 is 0 Å². The van der Waals surface area contributed by atoms with Crippen LogP contribution in [0.1, 0.15) is 17.8 Å². The molecule has 0 unspecified atom stereocenters. The maximum Gasteiger partial charge on any atom is 0.216 e. The van der Waals surface area contributed by atoms with E-state index in [-0.39, 0.29) is 0 Å². The molecule has 0 aliphatic carbocycles. The van der Waals surface area contributed by atoms with Crippen molar-refractivity contribution in [2.24, 2.45) is 5.10 Å². The number of nitrogens with zero attached hydrogens (tertiary/aromatic N) is 5. The smallest absolute Gasteiger partial charge is 0.216 e. The second kappa shape index (κ2) is 6.81. The summed E-state index contributed by atoms with van der Waals surface area (Å²) in [7, 11) is 1.97. The predicted octanol–water partition coefficient (Wildman–Crippen LogP) is 2.48. The van der Waals surface area contributed by atoms with E-state index in [1.807, 2.05) is 43.1 Å². The average molecular weight is 300 g/mol. The molecule has 2 aromatic rings. The molecule has 0 saturated carbocycles. The number of rotatable bonds is 5. The highest BCUT2D eigenvalue weighted by molar-refractivity contribution is 7.71. The third-order valence-electron chi connectivity index (χ3n) is 3.03. The summed E-state index contributed by atoms with van der Waals surface area (Å²) in [5, 5.41) is 19.6. The largest absolute Gasteiger partial charge is 0.374 e. The molecular formula is C14H16N6S. The van der Waals surface area contributed by atoms with E-state index in [1.54, 1.807) is 10.9 Å². The molecule has 0 aliphatic rings. The van der Waals surface area contributed by atoms with Crippen LogP contribution < -0.4 is 4.90 Å². The first kappa shape index (κ1) is 14.9. The predicted molar refractivity (Wildman–Crippen MR) is 85.1 cm³/mol. The van der Waals surface area contributed by atoms with Crippen molar-refractivity contribution in [2.75, 3.05) is 18.5 Å². The Bertz CT molecular complexity index is 719. The Labute approximate surface area is 128 Å². The van der Waals surface area contributed by atoms with E-state index in [0.717, 1.165) is 11.3 Å². The molecule has 1 heterocycles. The number of benzene rings is 1. The molecule has 7 heteroatoms. The second-order valence-corrected chi connectivity index (χ2v) is 4.94. The fraction of sp³-hybridized carbons (Fsp3) is 0.286. The molecule has 1 N–H and O–H groups in total. The van der Waals surface area contributed by atoms with Crippen molar-refractivity contribution in [1.82, 2.24) is 14.9 Å². The van der Waals surface area contributed by atoms with Gasteiger partial charge in [0.1, 0.15) is 5.82 Å². The van der Waals surface area contributed by atoms with Crippen molar-refractivity contribution in [3.63, 3.8) is 0 Å². The molecule has 108 valence electrons. The van der Waals surface area contributed by atoms with Crippen LogP contribution in [0, 0.1) is 23.0 Å². The fourth-order valence-electron chi connectivity index (χ4n) is 1.79. The van der Waals surface area contributed by atoms with E-state index in [1.165, 1.54) is 0 Å². The fourth-order valence-corrected chi connectivity index (χ4v) is 2.02. The SMILES string of the molecule is Cc1n[nH]c(=S)n1/N=C\c1ccc(N(C)CCC#N)cc1. The highest BCUT2D eigenvalue weighted by atomic mass is 32.1. The molecule has 0 spiro atoms. The first-order valence-electron chi connectivity index (χ1n) is 6.48. The second-order valence-electron chi connectivity index (χ2n) is 4.55. The van der Waals surface area contributed by atoms with Crippen LogP contribution in [0.15, 0.2) is 29.4 Å². The zero-order valence-corrected chi connectivity index (χ0v) is 12.8. The monoisotopic (exact) mass is 300 g/mol. The van der Waals surface area contributed by atoms with Crippen molar-refractivity contribution in [3.8, 4) is 6.07 Å². The number of hydrogen-bond donors (Lipinski definition) is 1. The minimum Gasteiger partial charge on any atom is -0.374 e. The van der Waals surface area contributed by atoms with Gasteiger partial charge in [0.2, 0.25) is 4.77 Å². The highest BCUT2D eigenvalue weighted by Crippen LogP contribution is 2.13. The van der Waals surface area contributed by atoms with Crippen LogP contribution in [-0.2, 0) is 0 Å². The summed E-state index contributed by atoms with van der Waals surface area (Å²) >= 11 is 5.08. The zero-order valence-electron chi connectivity index (χ0n) is 11.9. The van der Waals surface area contributed by atoms with Gasteiger partial charge in [-0.3, -0.25) is 5.10 Å². The lowest BCUT2D eigenvalue weighted by Crippen LogP contribution is -2.17. The number of aryl methyl sites for hydroxylation is 1. The van der Waals surface area contributed by atoms with E-state index in [0.29, 0.717) is 23.6 Å². The number of aromatic nitrogens is 3. The van der Waals surface area contributed by atoms with Crippen LogP contribution >= 0.6 is 12.2 Å². The van der Waals surface area contributed by atoms with Gasteiger partial charge in [0.05, 0.1) is 18.7 Å². The standard InChI is InChI=1S/C14H16N6S/c1-11-17-18-14(21)20(11)16-10-12-4-6-13(7-5-12)19(2)9-3-8-15/h4-7,10H,3,9H2,1-2H3,(H,18,21)/b16-10-. The minimum absolute atomic E-state index is 0.469. The molecule has 0 aliphatic heterocycles. The maximum absolute atomic E-state index is 8.60. The van der Waals surface area contributed by atoms with Gasteiger partial charge in [-0.15, -0.1) is 0 Å². The minimum atomic E-state index is 0.469. The highest BCUT2D eigenvalue weighted by Gasteiger charge is 2.00. The van der Waals surface area contributed by atoms with Crippen LogP contribution in [0.25, 0.3) is 0 Å². The van der Waals surface area contributed by atoms with Crippen LogP contribution in [0.4, 0.5) is 5.69 Å². The van der Waals surface area contributed by atoms with Gasteiger partial charge < -0.3 is 4.90 Å². The molecule has 1 aromatic carbocycles. The van der Waals surface area contributed by atoms with Crippen LogP contribution in [0.2, 0.25) is 0 Å². The summed E-state index contributed by atoms with van der Waals surface area (Å²) in [6.07, 6.45) is 2.25. The lowest BCUT2D eigenvalue weighted by Gasteiger charge is -2.17. The molecule has 2 rings (SSSR count). The molecule has 1 aromatic heterocycles. The van der Waals surface area contributed by atoms with Gasteiger partial charge in [-0.05, 0) is 36.8 Å². The van der Waals surface area contributed by atoms with Gasteiger partial charge >= 0.3 is 0 Å². The number of anilines is 1.